The topological polar surface area (TPSA) is 12.0 Å². The molecule has 0 unspecified atom stereocenters. The lowest BCUT2D eigenvalue weighted by molar-refractivity contribution is 0.531. The van der Waals surface area contributed by atoms with Crippen molar-refractivity contribution in [3.63, 3.8) is 0 Å². The predicted molar refractivity (Wildman–Crippen MR) is 76.6 cm³/mol. The van der Waals surface area contributed by atoms with Gasteiger partial charge >= 0.3 is 0 Å². The van der Waals surface area contributed by atoms with Crippen LogP contribution in [0.25, 0.3) is 0 Å². The Morgan fingerprint density at radius 2 is 1.94 bits per heavy atom. The first kappa shape index (κ1) is 14.5. The Morgan fingerprint density at radius 1 is 1.18 bits per heavy atom. The summed E-state index contributed by atoms with van der Waals surface area (Å²) in [7, 11) is 0. The minimum atomic E-state index is 0.389. The lowest BCUT2D eigenvalue weighted by Gasteiger charge is -2.14. The van der Waals surface area contributed by atoms with Gasteiger partial charge in [0.05, 0.1) is 0 Å². The molecule has 0 aliphatic rings. The smallest absolute Gasteiger partial charge is 0.0409 e. The van der Waals surface area contributed by atoms with Crippen LogP contribution >= 0.6 is 11.6 Å². The molecule has 0 aliphatic heterocycles. The van der Waals surface area contributed by atoms with Gasteiger partial charge in [0, 0.05) is 11.1 Å². The molecule has 1 aromatic carbocycles. The summed E-state index contributed by atoms with van der Waals surface area (Å²) in [6.45, 7) is 5.54. The maximum Gasteiger partial charge on any atom is 0.0409 e. The Labute approximate surface area is 111 Å². The van der Waals surface area contributed by atoms with Crippen molar-refractivity contribution in [2.75, 3.05) is 6.54 Å². The monoisotopic (exact) mass is 253 g/mol. The number of benzene rings is 1. The molecule has 0 saturated heterocycles. The first-order valence-corrected chi connectivity index (χ1v) is 7.10. The molecule has 1 atom stereocenters. The summed E-state index contributed by atoms with van der Waals surface area (Å²) < 4.78 is 0. The van der Waals surface area contributed by atoms with Crippen LogP contribution in [0.15, 0.2) is 24.3 Å². The fraction of sp³-hybridized carbons (Fsp3) is 0.600. The molecule has 1 N–H and O–H groups in total. The summed E-state index contributed by atoms with van der Waals surface area (Å²) in [6.07, 6.45) is 6.65. The van der Waals surface area contributed by atoms with Gasteiger partial charge in [0.15, 0.2) is 0 Å². The zero-order chi connectivity index (χ0) is 12.5. The Balaban J connectivity index is 2.19. The van der Waals surface area contributed by atoms with Crippen molar-refractivity contribution < 1.29 is 0 Å². The van der Waals surface area contributed by atoms with Gasteiger partial charge in [0.2, 0.25) is 0 Å². The highest BCUT2D eigenvalue weighted by Gasteiger charge is 2.04. The van der Waals surface area contributed by atoms with E-state index in [1.165, 1.54) is 37.7 Å². The molecule has 96 valence electrons. The molecule has 0 aromatic heterocycles. The quantitative estimate of drug-likeness (QED) is 0.646. The number of hydrogen-bond acceptors (Lipinski definition) is 1. The summed E-state index contributed by atoms with van der Waals surface area (Å²) in [5.41, 5.74) is 1.27. The van der Waals surface area contributed by atoms with Crippen LogP contribution < -0.4 is 5.32 Å². The van der Waals surface area contributed by atoms with E-state index in [-0.39, 0.29) is 0 Å². The molecular weight excluding hydrogens is 230 g/mol. The van der Waals surface area contributed by atoms with Crippen LogP contribution in [0.3, 0.4) is 0 Å². The first-order valence-electron chi connectivity index (χ1n) is 6.73. The standard InChI is InChI=1S/C15H24ClN/c1-3-4-5-6-7-11-17-13(2)14-9-8-10-15(16)12-14/h8-10,12-13,17H,3-7,11H2,1-2H3/t13-/m1/s1. The second kappa shape index (κ2) is 8.54. The third-order valence-electron chi connectivity index (χ3n) is 3.08. The molecule has 2 heteroatoms. The van der Waals surface area contributed by atoms with Crippen LogP contribution in [-0.2, 0) is 0 Å². The normalized spacial score (nSPS) is 12.6. The predicted octanol–water partition coefficient (Wildman–Crippen LogP) is 4.96. The third kappa shape index (κ3) is 6.09. The van der Waals surface area contributed by atoms with Crippen molar-refractivity contribution in [1.82, 2.24) is 5.32 Å². The second-order valence-electron chi connectivity index (χ2n) is 4.65. The molecule has 0 radical (unpaired) electrons. The minimum absolute atomic E-state index is 0.389. The second-order valence-corrected chi connectivity index (χ2v) is 5.08. The molecule has 0 heterocycles. The van der Waals surface area contributed by atoms with Gasteiger partial charge in [-0.15, -0.1) is 0 Å². The van der Waals surface area contributed by atoms with Crippen LogP contribution in [0.2, 0.25) is 5.02 Å². The summed E-state index contributed by atoms with van der Waals surface area (Å²) in [5, 5.41) is 4.36. The van der Waals surface area contributed by atoms with E-state index in [4.69, 9.17) is 11.6 Å². The van der Waals surface area contributed by atoms with Crippen LogP contribution in [0.5, 0.6) is 0 Å². The van der Waals surface area contributed by atoms with E-state index < -0.39 is 0 Å². The van der Waals surface area contributed by atoms with E-state index in [1.807, 2.05) is 18.2 Å². The van der Waals surface area contributed by atoms with Gasteiger partial charge in [-0.25, -0.2) is 0 Å². The number of rotatable bonds is 8. The van der Waals surface area contributed by atoms with Crippen molar-refractivity contribution in [1.29, 1.82) is 0 Å². The fourth-order valence-corrected chi connectivity index (χ4v) is 2.14. The Hall–Kier alpha value is -0.530. The number of halogens is 1. The zero-order valence-corrected chi connectivity index (χ0v) is 11.8. The molecule has 17 heavy (non-hydrogen) atoms. The third-order valence-corrected chi connectivity index (χ3v) is 3.31. The highest BCUT2D eigenvalue weighted by molar-refractivity contribution is 6.30. The van der Waals surface area contributed by atoms with E-state index in [1.54, 1.807) is 0 Å². The van der Waals surface area contributed by atoms with Crippen LogP contribution in [0.4, 0.5) is 0 Å². The Morgan fingerprint density at radius 3 is 2.65 bits per heavy atom. The molecule has 0 spiro atoms. The van der Waals surface area contributed by atoms with E-state index in [0.717, 1.165) is 11.6 Å². The van der Waals surface area contributed by atoms with Gasteiger partial charge in [0.25, 0.3) is 0 Å². The zero-order valence-electron chi connectivity index (χ0n) is 11.0. The lowest BCUT2D eigenvalue weighted by Crippen LogP contribution is -2.19. The highest BCUT2D eigenvalue weighted by atomic mass is 35.5. The highest BCUT2D eigenvalue weighted by Crippen LogP contribution is 2.17. The van der Waals surface area contributed by atoms with E-state index in [9.17, 15) is 0 Å². The van der Waals surface area contributed by atoms with E-state index in [0.29, 0.717) is 6.04 Å². The van der Waals surface area contributed by atoms with Crippen molar-refractivity contribution in [2.45, 2.75) is 52.0 Å². The van der Waals surface area contributed by atoms with Crippen molar-refractivity contribution in [3.05, 3.63) is 34.9 Å². The van der Waals surface area contributed by atoms with Gasteiger partial charge in [-0.3, -0.25) is 0 Å². The molecule has 0 saturated carbocycles. The minimum Gasteiger partial charge on any atom is -0.310 e. The van der Waals surface area contributed by atoms with E-state index in [2.05, 4.69) is 25.2 Å². The van der Waals surface area contributed by atoms with Crippen LogP contribution in [-0.4, -0.2) is 6.54 Å². The summed E-state index contributed by atoms with van der Waals surface area (Å²) in [5.74, 6) is 0. The average Bonchev–Trinajstić information content (AvgIpc) is 2.33. The van der Waals surface area contributed by atoms with Gasteiger partial charge in [-0.1, -0.05) is 56.3 Å². The van der Waals surface area contributed by atoms with Crippen LogP contribution in [0, 0.1) is 0 Å². The molecule has 0 amide bonds. The van der Waals surface area contributed by atoms with Gasteiger partial charge in [-0.05, 0) is 37.6 Å². The molecule has 1 nitrogen and oxygen atoms in total. The van der Waals surface area contributed by atoms with Gasteiger partial charge in [0.1, 0.15) is 0 Å². The summed E-state index contributed by atoms with van der Waals surface area (Å²) in [4.78, 5) is 0. The molecular formula is C15H24ClN. The van der Waals surface area contributed by atoms with Crippen molar-refractivity contribution in [3.8, 4) is 0 Å². The van der Waals surface area contributed by atoms with Crippen LogP contribution in [0.1, 0.15) is 57.6 Å². The molecule has 0 bridgehead atoms. The summed E-state index contributed by atoms with van der Waals surface area (Å²) in [6, 6.07) is 8.48. The molecule has 1 rings (SSSR count). The van der Waals surface area contributed by atoms with Crippen molar-refractivity contribution >= 4 is 11.6 Å². The number of unbranched alkanes of at least 4 members (excludes halogenated alkanes) is 4. The Kier molecular flexibility index (Phi) is 7.30. The molecule has 1 aromatic rings. The largest absolute Gasteiger partial charge is 0.310 e. The maximum atomic E-state index is 5.98. The van der Waals surface area contributed by atoms with Crippen molar-refractivity contribution in [2.24, 2.45) is 0 Å². The maximum absolute atomic E-state index is 5.98. The first-order chi connectivity index (χ1) is 8.24. The number of nitrogens with one attached hydrogen (secondary N) is 1. The SMILES string of the molecule is CCCCCCCN[C@H](C)c1cccc(Cl)c1. The fourth-order valence-electron chi connectivity index (χ4n) is 1.94. The summed E-state index contributed by atoms with van der Waals surface area (Å²) >= 11 is 5.98. The van der Waals surface area contributed by atoms with Gasteiger partial charge < -0.3 is 5.32 Å². The average molecular weight is 254 g/mol. The lowest BCUT2D eigenvalue weighted by atomic mass is 10.1. The Bertz CT molecular complexity index is 312. The number of hydrogen-bond donors (Lipinski definition) is 1. The molecule has 0 aliphatic carbocycles. The molecule has 0 fully saturated rings. The van der Waals surface area contributed by atoms with Gasteiger partial charge in [-0.2, -0.15) is 0 Å². The van der Waals surface area contributed by atoms with E-state index >= 15 is 0 Å².